The van der Waals surface area contributed by atoms with E-state index in [-0.39, 0.29) is 17.7 Å². The van der Waals surface area contributed by atoms with Crippen LogP contribution in [0.15, 0.2) is 36.7 Å². The van der Waals surface area contributed by atoms with Gasteiger partial charge in [0.05, 0.1) is 12.3 Å². The number of aromatic nitrogens is 2. The lowest BCUT2D eigenvalue weighted by molar-refractivity contribution is -0.275. The molecule has 0 saturated carbocycles. The maximum atomic E-state index is 12.3. The lowest BCUT2D eigenvalue weighted by Gasteiger charge is -2.16. The molecule has 1 unspecified atom stereocenters. The lowest BCUT2D eigenvalue weighted by Crippen LogP contribution is -2.18. The van der Waals surface area contributed by atoms with Crippen LogP contribution < -0.4 is 4.74 Å². The van der Waals surface area contributed by atoms with Crippen molar-refractivity contribution in [2.45, 2.75) is 25.3 Å². The fourth-order valence-corrected chi connectivity index (χ4v) is 2.03. The van der Waals surface area contributed by atoms with Gasteiger partial charge in [-0.1, -0.05) is 18.2 Å². The third kappa shape index (κ3) is 4.49. The van der Waals surface area contributed by atoms with Gasteiger partial charge in [0.1, 0.15) is 5.75 Å². The fourth-order valence-electron chi connectivity index (χ4n) is 2.03. The summed E-state index contributed by atoms with van der Waals surface area (Å²) in [4.78, 5) is 0. The van der Waals surface area contributed by atoms with E-state index in [4.69, 9.17) is 0 Å². The number of rotatable bonds is 5. The lowest BCUT2D eigenvalue weighted by atomic mass is 10.0. The topological polar surface area (TPSA) is 47.3 Å². The minimum Gasteiger partial charge on any atom is -0.405 e. The quantitative estimate of drug-likeness (QED) is 0.923. The largest absolute Gasteiger partial charge is 0.573 e. The molecule has 0 amide bonds. The first kappa shape index (κ1) is 15.4. The molecule has 114 valence electrons. The van der Waals surface area contributed by atoms with Gasteiger partial charge in [-0.3, -0.25) is 4.68 Å². The number of ether oxygens (including phenoxy) is 1. The average molecular weight is 300 g/mol. The van der Waals surface area contributed by atoms with Gasteiger partial charge in [0, 0.05) is 18.8 Å². The summed E-state index contributed by atoms with van der Waals surface area (Å²) in [5.41, 5.74) is 1.03. The molecule has 1 heterocycles. The van der Waals surface area contributed by atoms with Crippen molar-refractivity contribution >= 4 is 0 Å². The van der Waals surface area contributed by atoms with Crippen LogP contribution in [0.2, 0.25) is 0 Å². The van der Waals surface area contributed by atoms with Gasteiger partial charge in [0.2, 0.25) is 0 Å². The Labute approximate surface area is 119 Å². The maximum Gasteiger partial charge on any atom is 0.573 e. The minimum absolute atomic E-state index is 0.124. The van der Waals surface area contributed by atoms with Crippen molar-refractivity contribution < 1.29 is 23.0 Å². The molecule has 4 nitrogen and oxygen atoms in total. The number of alkyl halides is 3. The highest BCUT2D eigenvalue weighted by Gasteiger charge is 2.32. The van der Waals surface area contributed by atoms with Crippen LogP contribution in [0, 0.1) is 0 Å². The molecule has 2 aromatic rings. The predicted octanol–water partition coefficient (Wildman–Crippen LogP) is 2.98. The summed E-state index contributed by atoms with van der Waals surface area (Å²) in [6.45, 7) is 0. The highest BCUT2D eigenvalue weighted by atomic mass is 19.4. The van der Waals surface area contributed by atoms with Crippen molar-refractivity contribution in [1.82, 2.24) is 9.78 Å². The van der Waals surface area contributed by atoms with Gasteiger partial charge >= 0.3 is 6.36 Å². The monoisotopic (exact) mass is 300 g/mol. The number of benzene rings is 1. The van der Waals surface area contributed by atoms with Crippen LogP contribution in [0.3, 0.4) is 0 Å². The third-order valence-corrected chi connectivity index (χ3v) is 2.97. The summed E-state index contributed by atoms with van der Waals surface area (Å²) in [6, 6.07) is 5.61. The van der Waals surface area contributed by atoms with Gasteiger partial charge in [0.25, 0.3) is 0 Å². The first-order valence-electron chi connectivity index (χ1n) is 6.35. The van der Waals surface area contributed by atoms with Crippen molar-refractivity contribution in [2.75, 3.05) is 0 Å². The summed E-state index contributed by atoms with van der Waals surface area (Å²) in [7, 11) is 1.77. The number of aryl methyl sites for hydroxylation is 2. The number of hydrogen-bond acceptors (Lipinski definition) is 3. The Balaban J connectivity index is 2.06. The SMILES string of the molecule is Cn1cc(CCC(O)c2ccccc2OC(F)(F)F)cn1. The molecule has 7 heteroatoms. The second kappa shape index (κ2) is 6.17. The molecular formula is C14H15F3N2O2. The Bertz CT molecular complexity index is 596. The molecule has 1 atom stereocenters. The smallest absolute Gasteiger partial charge is 0.405 e. The Morgan fingerprint density at radius 2 is 2.05 bits per heavy atom. The van der Waals surface area contributed by atoms with Gasteiger partial charge in [0.15, 0.2) is 0 Å². The predicted molar refractivity (Wildman–Crippen MR) is 69.6 cm³/mol. The highest BCUT2D eigenvalue weighted by molar-refractivity contribution is 5.35. The van der Waals surface area contributed by atoms with E-state index in [2.05, 4.69) is 9.84 Å². The zero-order valence-corrected chi connectivity index (χ0v) is 11.3. The van der Waals surface area contributed by atoms with Crippen LogP contribution in [-0.2, 0) is 13.5 Å². The van der Waals surface area contributed by atoms with Gasteiger partial charge < -0.3 is 9.84 Å². The standard InChI is InChI=1S/C14H15F3N2O2/c1-19-9-10(8-18-19)6-7-12(20)11-4-2-3-5-13(11)21-14(15,16)17/h2-5,8-9,12,20H,6-7H2,1H3. The summed E-state index contributed by atoms with van der Waals surface area (Å²) >= 11 is 0. The van der Waals surface area contributed by atoms with Crippen LogP contribution >= 0.6 is 0 Å². The van der Waals surface area contributed by atoms with Crippen molar-refractivity contribution in [1.29, 1.82) is 0 Å². The van der Waals surface area contributed by atoms with Crippen LogP contribution in [0.5, 0.6) is 5.75 Å². The first-order chi connectivity index (χ1) is 9.85. The normalized spacial score (nSPS) is 13.2. The van der Waals surface area contributed by atoms with Gasteiger partial charge in [-0.2, -0.15) is 5.10 Å². The summed E-state index contributed by atoms with van der Waals surface area (Å²) in [5, 5.41) is 14.1. The number of para-hydroxylation sites is 1. The zero-order chi connectivity index (χ0) is 15.5. The van der Waals surface area contributed by atoms with Gasteiger partial charge in [-0.05, 0) is 24.5 Å². The van der Waals surface area contributed by atoms with E-state index in [0.717, 1.165) is 5.56 Å². The number of halogens is 3. The molecule has 1 aromatic heterocycles. The molecule has 0 saturated heterocycles. The molecule has 0 aliphatic carbocycles. The number of hydrogen-bond donors (Lipinski definition) is 1. The second-order valence-corrected chi connectivity index (χ2v) is 4.66. The molecule has 0 spiro atoms. The van der Waals surface area contributed by atoms with Crippen LogP contribution in [0.1, 0.15) is 23.7 Å². The van der Waals surface area contributed by atoms with Crippen LogP contribution in [0.4, 0.5) is 13.2 Å². The summed E-state index contributed by atoms with van der Waals surface area (Å²) in [6.07, 6.45) is -1.57. The Morgan fingerprint density at radius 1 is 1.33 bits per heavy atom. The third-order valence-electron chi connectivity index (χ3n) is 2.97. The van der Waals surface area contributed by atoms with Crippen LogP contribution in [-0.4, -0.2) is 21.2 Å². The van der Waals surface area contributed by atoms with Gasteiger partial charge in [-0.25, -0.2) is 0 Å². The maximum absolute atomic E-state index is 12.3. The summed E-state index contributed by atoms with van der Waals surface area (Å²) in [5.74, 6) is -0.372. The Kier molecular flexibility index (Phi) is 4.52. The zero-order valence-electron chi connectivity index (χ0n) is 11.3. The average Bonchev–Trinajstić information content (AvgIpc) is 2.80. The van der Waals surface area contributed by atoms with Crippen molar-refractivity contribution in [2.24, 2.45) is 7.05 Å². The number of nitrogens with zero attached hydrogens (tertiary/aromatic N) is 2. The number of aliphatic hydroxyl groups is 1. The van der Waals surface area contributed by atoms with E-state index in [0.29, 0.717) is 6.42 Å². The molecule has 1 aromatic carbocycles. The molecule has 21 heavy (non-hydrogen) atoms. The molecule has 0 fully saturated rings. The minimum atomic E-state index is -4.78. The van der Waals surface area contributed by atoms with E-state index >= 15 is 0 Å². The molecule has 0 aliphatic heterocycles. The molecule has 0 aliphatic rings. The molecule has 0 radical (unpaired) electrons. The molecular weight excluding hydrogens is 285 g/mol. The van der Waals surface area contributed by atoms with E-state index in [1.165, 1.54) is 18.2 Å². The Morgan fingerprint density at radius 3 is 2.67 bits per heavy atom. The van der Waals surface area contributed by atoms with Crippen LogP contribution in [0.25, 0.3) is 0 Å². The molecule has 0 bridgehead atoms. The van der Waals surface area contributed by atoms with Crippen molar-refractivity contribution in [3.8, 4) is 5.75 Å². The van der Waals surface area contributed by atoms with E-state index < -0.39 is 12.5 Å². The van der Waals surface area contributed by atoms with Crippen molar-refractivity contribution in [3.63, 3.8) is 0 Å². The molecule has 1 N–H and O–H groups in total. The molecule has 2 rings (SSSR count). The van der Waals surface area contributed by atoms with E-state index in [1.807, 2.05) is 0 Å². The second-order valence-electron chi connectivity index (χ2n) is 4.66. The fraction of sp³-hybridized carbons (Fsp3) is 0.357. The Hall–Kier alpha value is -2.02. The highest BCUT2D eigenvalue weighted by Crippen LogP contribution is 2.32. The van der Waals surface area contributed by atoms with Gasteiger partial charge in [-0.15, -0.1) is 13.2 Å². The van der Waals surface area contributed by atoms with E-state index in [9.17, 15) is 18.3 Å². The first-order valence-corrected chi connectivity index (χ1v) is 6.35. The number of aliphatic hydroxyl groups excluding tert-OH is 1. The van der Waals surface area contributed by atoms with E-state index in [1.54, 1.807) is 30.2 Å². The van der Waals surface area contributed by atoms with Crippen molar-refractivity contribution in [3.05, 3.63) is 47.8 Å². The summed E-state index contributed by atoms with van der Waals surface area (Å²) < 4.78 is 42.5.